The maximum Gasteiger partial charge on any atom is 0.372 e. The summed E-state index contributed by atoms with van der Waals surface area (Å²) in [5, 5.41) is 11.0. The van der Waals surface area contributed by atoms with Gasteiger partial charge in [-0.05, 0) is 6.07 Å². The van der Waals surface area contributed by atoms with Gasteiger partial charge < -0.3 is 9.52 Å². The first kappa shape index (κ1) is 11.3. The Hall–Kier alpha value is -2.15. The van der Waals surface area contributed by atoms with Crippen molar-refractivity contribution in [2.24, 2.45) is 0 Å². The second-order valence-corrected chi connectivity index (χ2v) is 3.70. The highest BCUT2D eigenvalue weighted by Gasteiger charge is 2.24. The van der Waals surface area contributed by atoms with Crippen molar-refractivity contribution < 1.29 is 23.9 Å². The van der Waals surface area contributed by atoms with Gasteiger partial charge in [0.05, 0.1) is 19.4 Å². The summed E-state index contributed by atoms with van der Waals surface area (Å²) < 4.78 is 4.81. The fourth-order valence-corrected chi connectivity index (χ4v) is 1.70. The summed E-state index contributed by atoms with van der Waals surface area (Å²) >= 11 is 0. The third-order valence-electron chi connectivity index (χ3n) is 2.35. The number of carboxylic acid groups (broad SMARTS) is 1. The van der Waals surface area contributed by atoms with Crippen LogP contribution in [0.1, 0.15) is 16.1 Å². The van der Waals surface area contributed by atoms with Crippen molar-refractivity contribution in [3.05, 3.63) is 23.7 Å². The number of amides is 2. The molecule has 0 radical (unpaired) electrons. The largest absolute Gasteiger partial charge is 0.475 e. The van der Waals surface area contributed by atoms with Gasteiger partial charge in [0.15, 0.2) is 0 Å². The van der Waals surface area contributed by atoms with Gasteiger partial charge in [-0.2, -0.15) is 0 Å². The van der Waals surface area contributed by atoms with Crippen molar-refractivity contribution in [3.8, 4) is 0 Å². The molecule has 2 N–H and O–H groups in total. The molecule has 7 nitrogen and oxygen atoms in total. The van der Waals surface area contributed by atoms with E-state index < -0.39 is 5.97 Å². The lowest BCUT2D eigenvalue weighted by molar-refractivity contribution is -0.136. The highest BCUT2D eigenvalue weighted by Crippen LogP contribution is 2.13. The Kier molecular flexibility index (Phi) is 2.92. The topological polar surface area (TPSA) is 99.8 Å². The Morgan fingerprint density at radius 2 is 2.06 bits per heavy atom. The SMILES string of the molecule is O=C1CN(Cc2ccoc2C(=O)O)CC(=O)N1. The Balaban J connectivity index is 2.10. The number of carbonyl (C=O) groups excluding carboxylic acids is 2. The zero-order valence-electron chi connectivity index (χ0n) is 8.80. The molecule has 2 heterocycles. The van der Waals surface area contributed by atoms with E-state index in [4.69, 9.17) is 9.52 Å². The molecule has 0 atom stereocenters. The Morgan fingerprint density at radius 1 is 1.41 bits per heavy atom. The molecule has 90 valence electrons. The molecule has 0 aliphatic carbocycles. The zero-order valence-corrected chi connectivity index (χ0v) is 8.80. The normalized spacial score (nSPS) is 16.9. The van der Waals surface area contributed by atoms with Gasteiger partial charge in [0, 0.05) is 12.1 Å². The quantitative estimate of drug-likeness (QED) is 0.684. The maximum atomic E-state index is 11.1. The van der Waals surface area contributed by atoms with Crippen molar-refractivity contribution in [1.82, 2.24) is 10.2 Å². The van der Waals surface area contributed by atoms with E-state index in [1.165, 1.54) is 12.3 Å². The number of nitrogens with zero attached hydrogens (tertiary/aromatic N) is 1. The summed E-state index contributed by atoms with van der Waals surface area (Å²) in [6, 6.07) is 1.51. The molecule has 1 saturated heterocycles. The molecule has 0 unspecified atom stereocenters. The zero-order chi connectivity index (χ0) is 12.4. The summed E-state index contributed by atoms with van der Waals surface area (Å²) in [4.78, 5) is 34.6. The van der Waals surface area contributed by atoms with Gasteiger partial charge in [-0.25, -0.2) is 4.79 Å². The van der Waals surface area contributed by atoms with Crippen LogP contribution >= 0.6 is 0 Å². The first-order chi connectivity index (χ1) is 8.06. The fourth-order valence-electron chi connectivity index (χ4n) is 1.70. The molecule has 0 aromatic carbocycles. The summed E-state index contributed by atoms with van der Waals surface area (Å²) in [6.07, 6.45) is 1.27. The van der Waals surface area contributed by atoms with Gasteiger partial charge in [-0.15, -0.1) is 0 Å². The lowest BCUT2D eigenvalue weighted by atomic mass is 10.2. The minimum Gasteiger partial charge on any atom is -0.475 e. The van der Waals surface area contributed by atoms with Gasteiger partial charge in [0.1, 0.15) is 0 Å². The number of hydrogen-bond acceptors (Lipinski definition) is 5. The Bertz CT molecular complexity index is 463. The summed E-state index contributed by atoms with van der Waals surface area (Å²) in [5.41, 5.74) is 0.444. The molecule has 1 aromatic rings. The number of furan rings is 1. The number of rotatable bonds is 3. The van der Waals surface area contributed by atoms with E-state index in [2.05, 4.69) is 5.32 Å². The van der Waals surface area contributed by atoms with Gasteiger partial charge >= 0.3 is 5.97 Å². The van der Waals surface area contributed by atoms with E-state index in [1.807, 2.05) is 0 Å². The van der Waals surface area contributed by atoms with Crippen molar-refractivity contribution in [1.29, 1.82) is 0 Å². The summed E-state index contributed by atoms with van der Waals surface area (Å²) in [6.45, 7) is 0.323. The number of carbonyl (C=O) groups is 3. The molecule has 17 heavy (non-hydrogen) atoms. The average Bonchev–Trinajstić information content (AvgIpc) is 2.63. The van der Waals surface area contributed by atoms with Crippen LogP contribution in [-0.2, 0) is 16.1 Å². The van der Waals surface area contributed by atoms with Crippen LogP contribution in [0.5, 0.6) is 0 Å². The van der Waals surface area contributed by atoms with E-state index in [0.717, 1.165) is 0 Å². The second kappa shape index (κ2) is 4.38. The lowest BCUT2D eigenvalue weighted by Gasteiger charge is -2.24. The predicted octanol–water partition coefficient (Wildman–Crippen LogP) is -0.564. The van der Waals surface area contributed by atoms with Gasteiger partial charge in [0.2, 0.25) is 17.6 Å². The maximum absolute atomic E-state index is 11.1. The highest BCUT2D eigenvalue weighted by atomic mass is 16.4. The monoisotopic (exact) mass is 238 g/mol. The molecule has 1 aliphatic rings. The second-order valence-electron chi connectivity index (χ2n) is 3.70. The standard InChI is InChI=1S/C10H10N2O5/c13-7-4-12(5-8(14)11-7)3-6-1-2-17-9(6)10(15)16/h1-2H,3-5H2,(H,15,16)(H,11,13,14). The van der Waals surface area contributed by atoms with Crippen LogP contribution in [0.2, 0.25) is 0 Å². The number of piperazine rings is 1. The number of imide groups is 1. The molecule has 0 saturated carbocycles. The molecule has 1 aliphatic heterocycles. The number of nitrogens with one attached hydrogen (secondary N) is 1. The molecular weight excluding hydrogens is 228 g/mol. The van der Waals surface area contributed by atoms with Crippen molar-refractivity contribution >= 4 is 17.8 Å². The van der Waals surface area contributed by atoms with Crippen LogP contribution < -0.4 is 5.32 Å². The molecule has 2 rings (SSSR count). The first-order valence-corrected chi connectivity index (χ1v) is 4.91. The third kappa shape index (κ3) is 2.51. The van der Waals surface area contributed by atoms with E-state index in [-0.39, 0.29) is 37.2 Å². The van der Waals surface area contributed by atoms with E-state index in [0.29, 0.717) is 5.56 Å². The van der Waals surface area contributed by atoms with Crippen LogP contribution in [0.15, 0.2) is 16.7 Å². The third-order valence-corrected chi connectivity index (χ3v) is 2.35. The minimum atomic E-state index is -1.17. The van der Waals surface area contributed by atoms with Crippen molar-refractivity contribution in [2.75, 3.05) is 13.1 Å². The summed E-state index contributed by atoms with van der Waals surface area (Å²) in [5.74, 6) is -2.11. The van der Waals surface area contributed by atoms with E-state index >= 15 is 0 Å². The Labute approximate surface area is 96.0 Å². The first-order valence-electron chi connectivity index (χ1n) is 4.91. The predicted molar refractivity (Wildman–Crippen MR) is 54.1 cm³/mol. The van der Waals surface area contributed by atoms with Gasteiger partial charge in [-0.1, -0.05) is 0 Å². The van der Waals surface area contributed by atoms with Crippen LogP contribution in [0.3, 0.4) is 0 Å². The van der Waals surface area contributed by atoms with Crippen LogP contribution in [-0.4, -0.2) is 40.9 Å². The Morgan fingerprint density at radius 3 is 2.65 bits per heavy atom. The smallest absolute Gasteiger partial charge is 0.372 e. The molecule has 7 heteroatoms. The molecular formula is C10H10N2O5. The molecule has 2 amide bonds. The van der Waals surface area contributed by atoms with Crippen molar-refractivity contribution in [2.45, 2.75) is 6.54 Å². The molecule has 1 aromatic heterocycles. The average molecular weight is 238 g/mol. The minimum absolute atomic E-state index is 0.0655. The van der Waals surface area contributed by atoms with E-state index in [9.17, 15) is 14.4 Å². The number of hydrogen-bond donors (Lipinski definition) is 2. The van der Waals surface area contributed by atoms with Crippen LogP contribution in [0.4, 0.5) is 0 Å². The molecule has 0 bridgehead atoms. The lowest BCUT2D eigenvalue weighted by Crippen LogP contribution is -2.50. The van der Waals surface area contributed by atoms with Gasteiger partial charge in [0.25, 0.3) is 0 Å². The fraction of sp³-hybridized carbons (Fsp3) is 0.300. The summed E-state index contributed by atoms with van der Waals surface area (Å²) in [7, 11) is 0. The highest BCUT2D eigenvalue weighted by molar-refractivity contribution is 5.99. The van der Waals surface area contributed by atoms with Crippen LogP contribution in [0, 0.1) is 0 Å². The van der Waals surface area contributed by atoms with Crippen molar-refractivity contribution in [3.63, 3.8) is 0 Å². The van der Waals surface area contributed by atoms with Gasteiger partial charge in [-0.3, -0.25) is 19.8 Å². The van der Waals surface area contributed by atoms with Crippen LogP contribution in [0.25, 0.3) is 0 Å². The molecule has 1 fully saturated rings. The number of aromatic carboxylic acids is 1. The van der Waals surface area contributed by atoms with E-state index in [1.54, 1.807) is 4.90 Å². The number of carboxylic acids is 1. The molecule has 0 spiro atoms.